The number of hydrogen-bond donors (Lipinski definition) is 0. The highest BCUT2D eigenvalue weighted by Crippen LogP contribution is 2.33. The lowest BCUT2D eigenvalue weighted by atomic mass is 9.96. The minimum absolute atomic E-state index is 0.183. The maximum atomic E-state index is 11.5. The number of aliphatic imine (C=N–C) groups is 1. The quantitative estimate of drug-likeness (QED) is 0.714. The molecule has 2 aliphatic rings. The van der Waals surface area contributed by atoms with Gasteiger partial charge in [0.2, 0.25) is 5.76 Å². The molecule has 2 rings (SSSR count). The van der Waals surface area contributed by atoms with Crippen LogP contribution in [0.5, 0.6) is 0 Å². The molecule has 0 radical (unpaired) electrons. The summed E-state index contributed by atoms with van der Waals surface area (Å²) in [5, 5.41) is 0. The average Bonchev–Trinajstić information content (AvgIpc) is 2.87. The van der Waals surface area contributed by atoms with Crippen molar-refractivity contribution >= 4 is 11.7 Å². The van der Waals surface area contributed by atoms with Crippen molar-refractivity contribution in [3.63, 3.8) is 0 Å². The molecule has 0 bridgehead atoms. The second-order valence-corrected chi connectivity index (χ2v) is 3.87. The summed E-state index contributed by atoms with van der Waals surface area (Å²) in [6, 6.07) is 0. The largest absolute Gasteiger partial charge is 0.493 e. The fourth-order valence-corrected chi connectivity index (χ4v) is 2.06. The van der Waals surface area contributed by atoms with Crippen LogP contribution in [-0.4, -0.2) is 40.1 Å². The van der Waals surface area contributed by atoms with Gasteiger partial charge in [0.25, 0.3) is 0 Å². The number of fused-ring (bicyclic) bond motifs is 1. The smallest absolute Gasteiger partial charge is 0.356 e. The molecule has 0 saturated heterocycles. The molecule has 1 atom stereocenters. The van der Waals surface area contributed by atoms with Crippen molar-refractivity contribution in [1.82, 2.24) is 0 Å². The Bertz CT molecular complexity index is 527. The third-order valence-corrected chi connectivity index (χ3v) is 2.91. The SMILES string of the molecule is COC(=O)C1=C[C@H]2C=C(OC)C(OC)=C(OC)C2=N1. The van der Waals surface area contributed by atoms with Gasteiger partial charge in [0, 0.05) is 5.92 Å². The van der Waals surface area contributed by atoms with Crippen molar-refractivity contribution in [2.45, 2.75) is 0 Å². The Morgan fingerprint density at radius 2 is 1.74 bits per heavy atom. The van der Waals surface area contributed by atoms with Crippen molar-refractivity contribution in [2.75, 3.05) is 28.4 Å². The van der Waals surface area contributed by atoms with Crippen molar-refractivity contribution in [3.05, 3.63) is 35.1 Å². The van der Waals surface area contributed by atoms with Crippen LogP contribution < -0.4 is 0 Å². The van der Waals surface area contributed by atoms with Crippen LogP contribution in [0.25, 0.3) is 0 Å². The molecule has 0 aromatic rings. The first-order valence-corrected chi connectivity index (χ1v) is 5.63. The molecule has 102 valence electrons. The Hall–Kier alpha value is -2.24. The van der Waals surface area contributed by atoms with Crippen LogP contribution in [0.4, 0.5) is 0 Å². The van der Waals surface area contributed by atoms with Crippen molar-refractivity contribution in [3.8, 4) is 0 Å². The Morgan fingerprint density at radius 1 is 1.05 bits per heavy atom. The molecular weight excluding hydrogens is 250 g/mol. The second kappa shape index (κ2) is 5.17. The number of carbonyl (C=O) groups excluding carboxylic acids is 1. The molecule has 0 saturated carbocycles. The lowest BCUT2D eigenvalue weighted by molar-refractivity contribution is -0.136. The van der Waals surface area contributed by atoms with Crippen LogP contribution in [0.15, 0.2) is 40.1 Å². The number of esters is 1. The zero-order valence-corrected chi connectivity index (χ0v) is 11.2. The third-order valence-electron chi connectivity index (χ3n) is 2.91. The van der Waals surface area contributed by atoms with E-state index in [1.165, 1.54) is 21.3 Å². The Kier molecular flexibility index (Phi) is 3.59. The molecule has 1 heterocycles. The highest BCUT2D eigenvalue weighted by Gasteiger charge is 2.35. The van der Waals surface area contributed by atoms with E-state index >= 15 is 0 Å². The Morgan fingerprint density at radius 3 is 2.26 bits per heavy atom. The minimum Gasteiger partial charge on any atom is -0.493 e. The van der Waals surface area contributed by atoms with Gasteiger partial charge >= 0.3 is 5.97 Å². The van der Waals surface area contributed by atoms with E-state index in [9.17, 15) is 4.79 Å². The predicted octanol–water partition coefficient (Wildman–Crippen LogP) is 1.16. The zero-order chi connectivity index (χ0) is 14.0. The van der Waals surface area contributed by atoms with Crippen LogP contribution in [-0.2, 0) is 23.7 Å². The highest BCUT2D eigenvalue weighted by molar-refractivity contribution is 6.10. The maximum Gasteiger partial charge on any atom is 0.356 e. The molecule has 6 heteroatoms. The van der Waals surface area contributed by atoms with E-state index in [1.54, 1.807) is 13.2 Å². The van der Waals surface area contributed by atoms with Crippen LogP contribution in [0.2, 0.25) is 0 Å². The van der Waals surface area contributed by atoms with Gasteiger partial charge in [-0.3, -0.25) is 0 Å². The molecule has 0 N–H and O–H groups in total. The Balaban J connectivity index is 2.47. The monoisotopic (exact) mass is 265 g/mol. The second-order valence-electron chi connectivity index (χ2n) is 3.87. The summed E-state index contributed by atoms with van der Waals surface area (Å²) in [5.74, 6) is 0.800. The fourth-order valence-electron chi connectivity index (χ4n) is 2.06. The maximum absolute atomic E-state index is 11.5. The van der Waals surface area contributed by atoms with Gasteiger partial charge < -0.3 is 18.9 Å². The number of rotatable bonds is 4. The van der Waals surface area contributed by atoms with Gasteiger partial charge in [-0.25, -0.2) is 9.79 Å². The summed E-state index contributed by atoms with van der Waals surface area (Å²) in [5.41, 5.74) is 0.863. The molecule has 0 spiro atoms. The van der Waals surface area contributed by atoms with Gasteiger partial charge in [-0.15, -0.1) is 0 Å². The normalized spacial score (nSPS) is 21.1. The first kappa shape index (κ1) is 13.2. The van der Waals surface area contributed by atoms with Crippen LogP contribution in [0.3, 0.4) is 0 Å². The first-order valence-electron chi connectivity index (χ1n) is 5.63. The summed E-state index contributed by atoms with van der Waals surface area (Å²) >= 11 is 0. The molecule has 0 unspecified atom stereocenters. The Labute approximate surface area is 111 Å². The van der Waals surface area contributed by atoms with E-state index in [2.05, 4.69) is 9.73 Å². The van der Waals surface area contributed by atoms with Crippen LogP contribution in [0.1, 0.15) is 0 Å². The van der Waals surface area contributed by atoms with E-state index in [-0.39, 0.29) is 11.6 Å². The lowest BCUT2D eigenvalue weighted by Gasteiger charge is -2.22. The molecule has 1 aliphatic carbocycles. The van der Waals surface area contributed by atoms with Gasteiger partial charge in [-0.2, -0.15) is 0 Å². The third kappa shape index (κ3) is 2.09. The van der Waals surface area contributed by atoms with Gasteiger partial charge in [0.1, 0.15) is 5.70 Å². The highest BCUT2D eigenvalue weighted by atomic mass is 16.5. The van der Waals surface area contributed by atoms with E-state index in [0.29, 0.717) is 23.0 Å². The molecule has 6 nitrogen and oxygen atoms in total. The van der Waals surface area contributed by atoms with Crippen LogP contribution in [0, 0.1) is 5.92 Å². The molecule has 0 amide bonds. The average molecular weight is 265 g/mol. The number of nitrogens with zero attached hydrogens (tertiary/aromatic N) is 1. The van der Waals surface area contributed by atoms with Crippen LogP contribution >= 0.6 is 0 Å². The summed E-state index contributed by atoms with van der Waals surface area (Å²) < 4.78 is 20.5. The molecular formula is C13H15NO5. The summed E-state index contributed by atoms with van der Waals surface area (Å²) in [7, 11) is 5.89. The van der Waals surface area contributed by atoms with E-state index in [4.69, 9.17) is 14.2 Å². The number of ether oxygens (including phenoxy) is 4. The topological polar surface area (TPSA) is 66.4 Å². The summed E-state index contributed by atoms with van der Waals surface area (Å²) in [4.78, 5) is 15.8. The number of methoxy groups -OCH3 is 4. The summed E-state index contributed by atoms with van der Waals surface area (Å²) in [6.07, 6.45) is 3.52. The molecule has 0 aromatic heterocycles. The van der Waals surface area contributed by atoms with Gasteiger partial charge in [0.15, 0.2) is 11.5 Å². The fraction of sp³-hybridized carbons (Fsp3) is 0.385. The van der Waals surface area contributed by atoms with E-state index in [1.807, 2.05) is 6.08 Å². The van der Waals surface area contributed by atoms with E-state index in [0.717, 1.165) is 0 Å². The summed E-state index contributed by atoms with van der Waals surface area (Å²) in [6.45, 7) is 0. The lowest BCUT2D eigenvalue weighted by Crippen LogP contribution is -2.21. The van der Waals surface area contributed by atoms with Crippen molar-refractivity contribution < 1.29 is 23.7 Å². The van der Waals surface area contributed by atoms with E-state index < -0.39 is 5.97 Å². The molecule has 0 aromatic carbocycles. The number of allylic oxidation sites excluding steroid dienone is 3. The molecule has 1 aliphatic heterocycles. The molecule has 19 heavy (non-hydrogen) atoms. The standard InChI is InChI=1S/C13H15NO5/c1-16-9-6-7-5-8(13(15)19-4)14-10(7)12(18-3)11(9)17-2/h5-7H,1-4H3/t7-/m0/s1. The van der Waals surface area contributed by atoms with Crippen molar-refractivity contribution in [2.24, 2.45) is 10.9 Å². The van der Waals surface area contributed by atoms with Gasteiger partial charge in [-0.05, 0) is 12.2 Å². The van der Waals surface area contributed by atoms with Gasteiger partial charge in [0.05, 0.1) is 34.2 Å². The zero-order valence-electron chi connectivity index (χ0n) is 11.2. The van der Waals surface area contributed by atoms with Crippen molar-refractivity contribution in [1.29, 1.82) is 0 Å². The number of hydrogen-bond acceptors (Lipinski definition) is 6. The molecule has 0 fully saturated rings. The van der Waals surface area contributed by atoms with Gasteiger partial charge in [-0.1, -0.05) is 0 Å². The minimum atomic E-state index is -0.483. The predicted molar refractivity (Wildman–Crippen MR) is 67.2 cm³/mol. The first-order chi connectivity index (χ1) is 9.15. The number of carbonyl (C=O) groups is 1.